The van der Waals surface area contributed by atoms with E-state index in [1.807, 2.05) is 12.1 Å². The number of aliphatic hydroxyl groups is 2. The molecular weight excluding hydrogens is 564 g/mol. The van der Waals surface area contributed by atoms with Gasteiger partial charge in [-0.1, -0.05) is 19.3 Å². The quantitative estimate of drug-likeness (QED) is 0.338. The Balaban J connectivity index is 1.30. The van der Waals surface area contributed by atoms with Gasteiger partial charge in [0.05, 0.1) is 30.6 Å². The van der Waals surface area contributed by atoms with Crippen LogP contribution in [0, 0.1) is 0 Å². The van der Waals surface area contributed by atoms with E-state index in [0.29, 0.717) is 24.4 Å². The van der Waals surface area contributed by atoms with Crippen molar-refractivity contribution in [3.05, 3.63) is 35.1 Å². The Morgan fingerprint density at radius 3 is 2.55 bits per heavy atom. The standard InChI is InChI=1S/C34H48N2O8/c1-32(2,39)12-7-14-34(40,20-28(37)35-23-9-5-4-6-10-23)31(38)44-30-27(41-3)19-33-13-8-15-36(33)16-11-22-17-25-26(43-21-42-25)18-24(22)29(30)33/h17-19,23,29-30,39-40H,4-16,20-21H2,1-3H3,(H,35,37)/t29-,30-,33+,34-/m1/s1. The maximum absolute atomic E-state index is 14.2. The topological polar surface area (TPSA) is 127 Å². The molecule has 1 aromatic rings. The molecule has 1 aromatic carbocycles. The average molecular weight is 613 g/mol. The molecule has 0 aromatic heterocycles. The van der Waals surface area contributed by atoms with Crippen LogP contribution in [0.4, 0.5) is 0 Å². The van der Waals surface area contributed by atoms with Crippen LogP contribution >= 0.6 is 0 Å². The summed E-state index contributed by atoms with van der Waals surface area (Å²) in [5.74, 6) is 0.451. The summed E-state index contributed by atoms with van der Waals surface area (Å²) in [6, 6.07) is 4.11. The van der Waals surface area contributed by atoms with Gasteiger partial charge in [0, 0.05) is 12.6 Å². The molecule has 44 heavy (non-hydrogen) atoms. The number of nitrogens with zero attached hydrogens (tertiary/aromatic N) is 1. The van der Waals surface area contributed by atoms with Gasteiger partial charge in [-0.3, -0.25) is 9.69 Å². The minimum Gasteiger partial charge on any atom is -0.497 e. The number of carbonyl (C=O) groups is 2. The second kappa shape index (κ2) is 12.2. The first-order chi connectivity index (χ1) is 21.0. The van der Waals surface area contributed by atoms with Crippen molar-refractivity contribution in [3.63, 3.8) is 0 Å². The minimum atomic E-state index is -2.06. The van der Waals surface area contributed by atoms with Crippen LogP contribution in [-0.4, -0.2) is 82.9 Å². The van der Waals surface area contributed by atoms with E-state index in [4.69, 9.17) is 18.9 Å². The predicted molar refractivity (Wildman–Crippen MR) is 162 cm³/mol. The third kappa shape index (κ3) is 6.05. The minimum absolute atomic E-state index is 0.0101. The van der Waals surface area contributed by atoms with E-state index in [1.165, 1.54) is 0 Å². The van der Waals surface area contributed by atoms with Gasteiger partial charge in [0.2, 0.25) is 12.7 Å². The molecule has 2 fully saturated rings. The number of nitrogens with one attached hydrogen (secondary N) is 1. The van der Waals surface area contributed by atoms with Crippen LogP contribution in [0.15, 0.2) is 24.0 Å². The summed E-state index contributed by atoms with van der Waals surface area (Å²) in [5, 5.41) is 25.3. The maximum atomic E-state index is 14.2. The number of hydrogen-bond acceptors (Lipinski definition) is 9. The van der Waals surface area contributed by atoms with E-state index in [0.717, 1.165) is 81.3 Å². The van der Waals surface area contributed by atoms with Crippen molar-refractivity contribution in [1.82, 2.24) is 10.2 Å². The molecule has 0 bridgehead atoms. The molecule has 2 aliphatic carbocycles. The average Bonchev–Trinajstić information content (AvgIpc) is 3.66. The Labute approximate surface area is 260 Å². The molecule has 5 aliphatic rings. The summed E-state index contributed by atoms with van der Waals surface area (Å²) in [6.07, 6.45) is 9.38. The first-order valence-electron chi connectivity index (χ1n) is 16.4. The summed E-state index contributed by atoms with van der Waals surface area (Å²) in [5.41, 5.74) is -1.29. The van der Waals surface area contributed by atoms with E-state index in [9.17, 15) is 19.8 Å². The molecule has 1 saturated heterocycles. The normalized spacial score (nSPS) is 27.8. The highest BCUT2D eigenvalue weighted by molar-refractivity contribution is 5.88. The molecule has 1 amide bonds. The van der Waals surface area contributed by atoms with Gasteiger partial charge in [-0.2, -0.15) is 0 Å². The molecule has 3 N–H and O–H groups in total. The zero-order chi connectivity index (χ0) is 31.1. The van der Waals surface area contributed by atoms with Crippen LogP contribution in [0.25, 0.3) is 0 Å². The fraction of sp³-hybridized carbons (Fsp3) is 0.706. The van der Waals surface area contributed by atoms with Crippen molar-refractivity contribution in [2.75, 3.05) is 27.0 Å². The number of amides is 1. The van der Waals surface area contributed by atoms with Gasteiger partial charge in [-0.25, -0.2) is 4.79 Å². The van der Waals surface area contributed by atoms with Crippen LogP contribution in [-0.2, 0) is 25.5 Å². The zero-order valence-electron chi connectivity index (χ0n) is 26.4. The van der Waals surface area contributed by atoms with E-state index >= 15 is 0 Å². The van der Waals surface area contributed by atoms with Crippen molar-refractivity contribution in [2.24, 2.45) is 0 Å². The van der Waals surface area contributed by atoms with Gasteiger partial charge in [-0.15, -0.1) is 0 Å². The first-order valence-corrected chi connectivity index (χ1v) is 16.4. The van der Waals surface area contributed by atoms with E-state index < -0.39 is 35.2 Å². The van der Waals surface area contributed by atoms with Crippen LogP contribution in [0.2, 0.25) is 0 Å². The smallest absolute Gasteiger partial charge is 0.339 e. The van der Waals surface area contributed by atoms with Gasteiger partial charge in [0.15, 0.2) is 23.2 Å². The van der Waals surface area contributed by atoms with Crippen molar-refractivity contribution in [1.29, 1.82) is 0 Å². The van der Waals surface area contributed by atoms with Crippen LogP contribution in [0.5, 0.6) is 11.5 Å². The summed E-state index contributed by atoms with van der Waals surface area (Å²) >= 11 is 0. The van der Waals surface area contributed by atoms with Crippen LogP contribution < -0.4 is 14.8 Å². The Morgan fingerprint density at radius 1 is 1.07 bits per heavy atom. The fourth-order valence-corrected chi connectivity index (χ4v) is 8.19. The lowest BCUT2D eigenvalue weighted by atomic mass is 9.77. The van der Waals surface area contributed by atoms with Crippen molar-refractivity contribution >= 4 is 11.9 Å². The van der Waals surface area contributed by atoms with Crippen LogP contribution in [0.3, 0.4) is 0 Å². The van der Waals surface area contributed by atoms with Gasteiger partial charge in [-0.05, 0) is 101 Å². The third-order valence-electron chi connectivity index (χ3n) is 10.4. The van der Waals surface area contributed by atoms with Crippen LogP contribution in [0.1, 0.15) is 102 Å². The number of hydrogen-bond donors (Lipinski definition) is 3. The molecular formula is C34H48N2O8. The number of ether oxygens (including phenoxy) is 4. The SMILES string of the molecule is COC1=C[C@]23CCCN2CCc2cc4c(cc2[C@@H]3[C@@H]1OC(=O)[C@@](O)(CCCC(C)(C)O)CC(=O)NC1CCCCC1)OCO4. The highest BCUT2D eigenvalue weighted by Gasteiger charge is 2.59. The lowest BCUT2D eigenvalue weighted by molar-refractivity contribution is -0.176. The molecule has 1 saturated carbocycles. The highest BCUT2D eigenvalue weighted by atomic mass is 16.7. The van der Waals surface area contributed by atoms with Crippen molar-refractivity contribution < 1.29 is 38.7 Å². The monoisotopic (exact) mass is 612 g/mol. The second-order valence-corrected chi connectivity index (χ2v) is 14.1. The molecule has 10 nitrogen and oxygen atoms in total. The molecule has 1 spiro atoms. The molecule has 4 atom stereocenters. The fourth-order valence-electron chi connectivity index (χ4n) is 8.19. The summed E-state index contributed by atoms with van der Waals surface area (Å²) < 4.78 is 23.7. The number of esters is 1. The Bertz CT molecular complexity index is 1280. The van der Waals surface area contributed by atoms with E-state index in [2.05, 4.69) is 16.3 Å². The van der Waals surface area contributed by atoms with E-state index in [1.54, 1.807) is 21.0 Å². The van der Waals surface area contributed by atoms with Gasteiger partial charge in [0.25, 0.3) is 0 Å². The first kappa shape index (κ1) is 31.2. The summed E-state index contributed by atoms with van der Waals surface area (Å²) in [7, 11) is 1.58. The summed E-state index contributed by atoms with van der Waals surface area (Å²) in [4.78, 5) is 29.9. The molecule has 0 unspecified atom stereocenters. The predicted octanol–water partition coefficient (Wildman–Crippen LogP) is 3.86. The number of fused-ring (bicyclic) bond motifs is 3. The number of rotatable bonds is 10. The zero-order valence-corrected chi connectivity index (χ0v) is 26.4. The lowest BCUT2D eigenvalue weighted by Gasteiger charge is -2.39. The number of carbonyl (C=O) groups excluding carboxylic acids is 2. The third-order valence-corrected chi connectivity index (χ3v) is 10.4. The maximum Gasteiger partial charge on any atom is 0.339 e. The molecule has 10 heteroatoms. The Kier molecular flexibility index (Phi) is 8.63. The lowest BCUT2D eigenvalue weighted by Crippen LogP contribution is -2.50. The molecule has 3 heterocycles. The largest absolute Gasteiger partial charge is 0.497 e. The van der Waals surface area contributed by atoms with Gasteiger partial charge >= 0.3 is 5.97 Å². The van der Waals surface area contributed by atoms with E-state index in [-0.39, 0.29) is 31.1 Å². The van der Waals surface area contributed by atoms with Crippen molar-refractivity contribution in [3.8, 4) is 11.5 Å². The molecule has 242 valence electrons. The number of benzene rings is 1. The Hall–Kier alpha value is -2.82. The summed E-state index contributed by atoms with van der Waals surface area (Å²) in [6.45, 7) is 5.32. The highest BCUT2D eigenvalue weighted by Crippen LogP contribution is 2.55. The number of methoxy groups -OCH3 is 1. The van der Waals surface area contributed by atoms with Crippen molar-refractivity contribution in [2.45, 2.75) is 126 Å². The molecule has 6 rings (SSSR count). The molecule has 0 radical (unpaired) electrons. The van der Waals surface area contributed by atoms with Gasteiger partial charge < -0.3 is 34.5 Å². The van der Waals surface area contributed by atoms with Gasteiger partial charge in [0.1, 0.15) is 5.76 Å². The molecule has 3 aliphatic heterocycles. The second-order valence-electron chi connectivity index (χ2n) is 14.1. The Morgan fingerprint density at radius 2 is 1.82 bits per heavy atom.